The van der Waals surface area contributed by atoms with Crippen LogP contribution in [0.5, 0.6) is 0 Å². The number of pyridine rings is 1. The van der Waals surface area contributed by atoms with Crippen molar-refractivity contribution < 1.29 is 4.79 Å². The second kappa shape index (κ2) is 7.11. The van der Waals surface area contributed by atoms with Crippen molar-refractivity contribution in [1.29, 1.82) is 0 Å². The Hall–Kier alpha value is -3.44. The summed E-state index contributed by atoms with van der Waals surface area (Å²) in [4.78, 5) is 17.1. The van der Waals surface area contributed by atoms with Gasteiger partial charge in [0.05, 0.1) is 17.0 Å². The largest absolute Gasteiger partial charge is 0.355 e. The molecule has 5 heteroatoms. The first-order valence-corrected chi connectivity index (χ1v) is 10.3. The van der Waals surface area contributed by atoms with E-state index in [4.69, 9.17) is 10.7 Å². The predicted molar refractivity (Wildman–Crippen MR) is 119 cm³/mol. The topological polar surface area (TPSA) is 72.4 Å². The Kier molecular flexibility index (Phi) is 4.40. The number of nitrogens with one attached hydrogen (secondary N) is 1. The SMILES string of the molecule is CNC(=O)c1ccc2nc(-c3ccc(C4(N)CCC4)cc3)c(-c3ccccc3)n2c1. The average molecular weight is 396 g/mol. The van der Waals surface area contributed by atoms with E-state index in [9.17, 15) is 4.79 Å². The molecule has 0 aliphatic heterocycles. The van der Waals surface area contributed by atoms with Gasteiger partial charge in [0.15, 0.2) is 0 Å². The van der Waals surface area contributed by atoms with Gasteiger partial charge in [-0.15, -0.1) is 0 Å². The fraction of sp³-hybridized carbons (Fsp3) is 0.200. The Balaban J connectivity index is 1.68. The van der Waals surface area contributed by atoms with Crippen molar-refractivity contribution in [3.05, 3.63) is 84.1 Å². The van der Waals surface area contributed by atoms with E-state index in [0.29, 0.717) is 5.56 Å². The number of nitrogens with zero attached hydrogens (tertiary/aromatic N) is 2. The summed E-state index contributed by atoms with van der Waals surface area (Å²) >= 11 is 0. The lowest BCUT2D eigenvalue weighted by molar-refractivity contribution is 0.0962. The van der Waals surface area contributed by atoms with Gasteiger partial charge in [-0.1, -0.05) is 54.6 Å². The summed E-state index contributed by atoms with van der Waals surface area (Å²) in [6.45, 7) is 0. The third-order valence-corrected chi connectivity index (χ3v) is 6.13. The van der Waals surface area contributed by atoms with Gasteiger partial charge in [0.2, 0.25) is 0 Å². The summed E-state index contributed by atoms with van der Waals surface area (Å²) in [6, 6.07) is 22.3. The van der Waals surface area contributed by atoms with Gasteiger partial charge in [0.25, 0.3) is 5.91 Å². The number of rotatable bonds is 4. The first-order valence-electron chi connectivity index (χ1n) is 10.3. The van der Waals surface area contributed by atoms with Crippen LogP contribution >= 0.6 is 0 Å². The number of aromatic nitrogens is 2. The molecule has 5 rings (SSSR count). The highest BCUT2D eigenvalue weighted by molar-refractivity contribution is 5.94. The maximum absolute atomic E-state index is 12.2. The molecule has 0 unspecified atom stereocenters. The molecule has 1 aliphatic rings. The Morgan fingerprint density at radius 3 is 2.37 bits per heavy atom. The van der Waals surface area contributed by atoms with Crippen LogP contribution in [0.2, 0.25) is 0 Å². The molecule has 0 radical (unpaired) electrons. The molecule has 0 spiro atoms. The normalized spacial score (nSPS) is 15.0. The van der Waals surface area contributed by atoms with Crippen LogP contribution in [-0.2, 0) is 5.54 Å². The number of imidazole rings is 1. The smallest absolute Gasteiger partial charge is 0.252 e. The summed E-state index contributed by atoms with van der Waals surface area (Å²) in [7, 11) is 1.64. The van der Waals surface area contributed by atoms with Crippen molar-refractivity contribution in [3.8, 4) is 22.5 Å². The average Bonchev–Trinajstić information content (AvgIpc) is 3.16. The molecular weight excluding hydrogens is 372 g/mol. The van der Waals surface area contributed by atoms with E-state index < -0.39 is 0 Å². The minimum absolute atomic E-state index is 0.121. The number of amides is 1. The van der Waals surface area contributed by atoms with Crippen molar-refractivity contribution in [2.24, 2.45) is 5.73 Å². The van der Waals surface area contributed by atoms with E-state index in [2.05, 4.69) is 41.7 Å². The highest BCUT2D eigenvalue weighted by atomic mass is 16.1. The van der Waals surface area contributed by atoms with Crippen LogP contribution in [0.15, 0.2) is 72.9 Å². The van der Waals surface area contributed by atoms with E-state index in [-0.39, 0.29) is 11.4 Å². The van der Waals surface area contributed by atoms with Crippen LogP contribution in [0.1, 0.15) is 35.2 Å². The van der Waals surface area contributed by atoms with Gasteiger partial charge in [-0.3, -0.25) is 9.20 Å². The zero-order chi connectivity index (χ0) is 20.7. The maximum Gasteiger partial charge on any atom is 0.252 e. The number of benzene rings is 2. The molecule has 4 aromatic rings. The van der Waals surface area contributed by atoms with Crippen molar-refractivity contribution >= 4 is 11.6 Å². The molecule has 3 N–H and O–H groups in total. The summed E-state index contributed by atoms with van der Waals surface area (Å²) in [6.07, 6.45) is 5.12. The molecule has 0 bridgehead atoms. The fourth-order valence-electron chi connectivity index (χ4n) is 4.20. The molecule has 5 nitrogen and oxygen atoms in total. The number of carbonyl (C=O) groups is 1. The molecule has 0 saturated heterocycles. The zero-order valence-corrected chi connectivity index (χ0v) is 16.9. The molecule has 1 amide bonds. The highest BCUT2D eigenvalue weighted by Gasteiger charge is 2.34. The molecule has 2 aromatic carbocycles. The second-order valence-electron chi connectivity index (χ2n) is 7.99. The molecule has 2 aromatic heterocycles. The van der Waals surface area contributed by atoms with Crippen LogP contribution in [0.25, 0.3) is 28.2 Å². The number of fused-ring (bicyclic) bond motifs is 1. The van der Waals surface area contributed by atoms with Crippen LogP contribution in [0.3, 0.4) is 0 Å². The minimum Gasteiger partial charge on any atom is -0.355 e. The summed E-state index contributed by atoms with van der Waals surface area (Å²) in [5.74, 6) is -0.121. The first-order chi connectivity index (χ1) is 14.6. The van der Waals surface area contributed by atoms with Gasteiger partial charge >= 0.3 is 0 Å². The van der Waals surface area contributed by atoms with Crippen LogP contribution in [0, 0.1) is 0 Å². The van der Waals surface area contributed by atoms with E-state index >= 15 is 0 Å². The molecule has 1 aliphatic carbocycles. The van der Waals surface area contributed by atoms with E-state index in [1.807, 2.05) is 34.9 Å². The van der Waals surface area contributed by atoms with Gasteiger partial charge in [-0.2, -0.15) is 0 Å². The molecule has 150 valence electrons. The monoisotopic (exact) mass is 396 g/mol. The lowest BCUT2D eigenvalue weighted by atomic mass is 9.72. The number of carbonyl (C=O) groups excluding carboxylic acids is 1. The third-order valence-electron chi connectivity index (χ3n) is 6.13. The third kappa shape index (κ3) is 2.99. The van der Waals surface area contributed by atoms with Crippen molar-refractivity contribution in [2.45, 2.75) is 24.8 Å². The zero-order valence-electron chi connectivity index (χ0n) is 16.9. The lowest BCUT2D eigenvalue weighted by Gasteiger charge is -2.38. The number of nitrogens with two attached hydrogens (primary N) is 1. The summed E-state index contributed by atoms with van der Waals surface area (Å²) in [5.41, 5.74) is 12.8. The lowest BCUT2D eigenvalue weighted by Crippen LogP contribution is -2.43. The van der Waals surface area contributed by atoms with E-state index in [0.717, 1.165) is 41.0 Å². The quantitative estimate of drug-likeness (QED) is 0.538. The van der Waals surface area contributed by atoms with Crippen molar-refractivity contribution in [1.82, 2.24) is 14.7 Å². The van der Waals surface area contributed by atoms with Crippen LogP contribution in [0.4, 0.5) is 0 Å². The molecule has 2 heterocycles. The Morgan fingerprint density at radius 1 is 1.00 bits per heavy atom. The standard InChI is InChI=1S/C25H24N4O/c1-27-24(30)19-10-13-21-28-22(23(29(21)16-19)18-6-3-2-4-7-18)17-8-11-20(12-9-17)25(26)14-5-15-25/h2-4,6-13,16H,5,14-15,26H2,1H3,(H,27,30). The summed E-state index contributed by atoms with van der Waals surface area (Å²) in [5, 5.41) is 2.69. The van der Waals surface area contributed by atoms with Crippen molar-refractivity contribution in [2.75, 3.05) is 7.05 Å². The highest BCUT2D eigenvalue weighted by Crippen LogP contribution is 2.40. The predicted octanol–water partition coefficient (Wildman–Crippen LogP) is 4.37. The van der Waals surface area contributed by atoms with Gasteiger partial charge in [0, 0.05) is 29.9 Å². The molecule has 0 atom stereocenters. The summed E-state index contributed by atoms with van der Waals surface area (Å²) < 4.78 is 2.00. The molecule has 30 heavy (non-hydrogen) atoms. The Labute approximate surface area is 175 Å². The number of hydrogen-bond donors (Lipinski definition) is 2. The fourth-order valence-corrected chi connectivity index (χ4v) is 4.20. The van der Waals surface area contributed by atoms with E-state index in [1.165, 1.54) is 12.0 Å². The van der Waals surface area contributed by atoms with E-state index in [1.54, 1.807) is 13.1 Å². The first kappa shape index (κ1) is 18.6. The van der Waals surface area contributed by atoms with Gasteiger partial charge < -0.3 is 11.1 Å². The second-order valence-corrected chi connectivity index (χ2v) is 7.99. The van der Waals surface area contributed by atoms with Gasteiger partial charge in [-0.05, 0) is 37.0 Å². The molecule has 1 saturated carbocycles. The Bertz CT molecular complexity index is 1220. The van der Waals surface area contributed by atoms with Crippen LogP contribution in [-0.4, -0.2) is 22.3 Å². The van der Waals surface area contributed by atoms with Gasteiger partial charge in [-0.25, -0.2) is 4.98 Å². The van der Waals surface area contributed by atoms with Crippen LogP contribution < -0.4 is 11.1 Å². The van der Waals surface area contributed by atoms with Gasteiger partial charge in [0.1, 0.15) is 5.65 Å². The minimum atomic E-state index is -0.178. The molecule has 1 fully saturated rings. The maximum atomic E-state index is 12.2. The molecular formula is C25H24N4O. The number of hydrogen-bond acceptors (Lipinski definition) is 3. The van der Waals surface area contributed by atoms with Crippen molar-refractivity contribution in [3.63, 3.8) is 0 Å². The Morgan fingerprint density at radius 2 is 1.73 bits per heavy atom.